The Hall–Kier alpha value is -1.35. The van der Waals surface area contributed by atoms with Crippen LogP contribution in [0.2, 0.25) is 0 Å². The summed E-state index contributed by atoms with van der Waals surface area (Å²) in [6.07, 6.45) is 1.39. The first-order chi connectivity index (χ1) is 12.8. The van der Waals surface area contributed by atoms with Crippen LogP contribution in [0.3, 0.4) is 0 Å². The molecule has 0 aromatic heterocycles. The summed E-state index contributed by atoms with van der Waals surface area (Å²) in [6.45, 7) is 10.2. The van der Waals surface area contributed by atoms with Crippen LogP contribution >= 0.6 is 24.0 Å². The number of halogens is 1. The molecular weight excluding hydrogens is 469 g/mol. The highest BCUT2D eigenvalue weighted by molar-refractivity contribution is 14.0. The number of nitrogens with one attached hydrogen (secondary N) is 2. The van der Waals surface area contributed by atoms with Gasteiger partial charge in [-0.2, -0.15) is 0 Å². The Bertz CT molecular complexity index is 598. The minimum Gasteiger partial charge on any atom is -0.469 e. The van der Waals surface area contributed by atoms with Gasteiger partial charge in [-0.05, 0) is 36.3 Å². The lowest BCUT2D eigenvalue weighted by molar-refractivity contribution is -0.140. The number of aliphatic hydroxyl groups is 1. The van der Waals surface area contributed by atoms with Crippen molar-refractivity contribution in [1.29, 1.82) is 0 Å². The molecule has 0 saturated heterocycles. The first-order valence-electron chi connectivity index (χ1n) is 9.65. The van der Waals surface area contributed by atoms with E-state index < -0.39 is 6.10 Å². The molecule has 0 amide bonds. The maximum Gasteiger partial charge on any atom is 0.305 e. The number of rotatable bonds is 9. The molecule has 0 fully saturated rings. The maximum absolute atomic E-state index is 11.1. The summed E-state index contributed by atoms with van der Waals surface area (Å²) in [4.78, 5) is 15.6. The number of hydrogen-bond donors (Lipinski definition) is 3. The molecule has 0 aliphatic carbocycles. The van der Waals surface area contributed by atoms with Crippen LogP contribution in [-0.2, 0) is 14.9 Å². The monoisotopic (exact) mass is 505 g/mol. The zero-order valence-electron chi connectivity index (χ0n) is 17.7. The number of aliphatic imine (C=N–C) groups is 1. The molecule has 0 aliphatic heterocycles. The second-order valence-electron chi connectivity index (χ2n) is 7.57. The molecule has 6 nitrogen and oxygen atoms in total. The fraction of sp³-hybridized carbons (Fsp3) is 0.619. The fourth-order valence-corrected chi connectivity index (χ4v) is 2.53. The van der Waals surface area contributed by atoms with Crippen molar-refractivity contribution < 1.29 is 14.6 Å². The van der Waals surface area contributed by atoms with Crippen LogP contribution in [0.5, 0.6) is 0 Å². The van der Waals surface area contributed by atoms with E-state index >= 15 is 0 Å². The number of carbonyl (C=O) groups excluding carboxylic acids is 1. The van der Waals surface area contributed by atoms with Gasteiger partial charge in [0.2, 0.25) is 0 Å². The van der Waals surface area contributed by atoms with E-state index in [1.54, 1.807) is 0 Å². The lowest BCUT2D eigenvalue weighted by Gasteiger charge is -2.20. The van der Waals surface area contributed by atoms with E-state index in [4.69, 9.17) is 0 Å². The molecule has 160 valence electrons. The summed E-state index contributed by atoms with van der Waals surface area (Å²) in [5.74, 6) is 0.483. The van der Waals surface area contributed by atoms with Gasteiger partial charge in [-0.1, -0.05) is 45.0 Å². The molecule has 28 heavy (non-hydrogen) atoms. The number of methoxy groups -OCH3 is 1. The van der Waals surface area contributed by atoms with Gasteiger partial charge in [0.15, 0.2) is 5.96 Å². The van der Waals surface area contributed by atoms with E-state index in [-0.39, 0.29) is 41.9 Å². The van der Waals surface area contributed by atoms with Gasteiger partial charge in [0, 0.05) is 19.5 Å². The topological polar surface area (TPSA) is 83.0 Å². The van der Waals surface area contributed by atoms with E-state index in [9.17, 15) is 9.90 Å². The van der Waals surface area contributed by atoms with Crippen molar-refractivity contribution in [2.75, 3.05) is 26.7 Å². The predicted molar refractivity (Wildman–Crippen MR) is 125 cm³/mol. The summed E-state index contributed by atoms with van der Waals surface area (Å²) in [5.41, 5.74) is 2.20. The van der Waals surface area contributed by atoms with Gasteiger partial charge >= 0.3 is 5.97 Å². The number of ether oxygens (including phenoxy) is 1. The summed E-state index contributed by atoms with van der Waals surface area (Å²) in [6, 6.07) is 8.06. The van der Waals surface area contributed by atoms with Crippen LogP contribution in [-0.4, -0.2) is 43.8 Å². The zero-order valence-corrected chi connectivity index (χ0v) is 20.1. The third-order valence-electron chi connectivity index (χ3n) is 4.26. The second kappa shape index (κ2) is 13.8. The van der Waals surface area contributed by atoms with Crippen molar-refractivity contribution in [3.8, 4) is 0 Å². The van der Waals surface area contributed by atoms with Crippen LogP contribution in [0.15, 0.2) is 29.3 Å². The highest BCUT2D eigenvalue weighted by atomic mass is 127. The van der Waals surface area contributed by atoms with E-state index in [1.165, 1.54) is 12.7 Å². The van der Waals surface area contributed by atoms with Crippen molar-refractivity contribution in [3.63, 3.8) is 0 Å². The van der Waals surface area contributed by atoms with Crippen molar-refractivity contribution in [1.82, 2.24) is 10.6 Å². The summed E-state index contributed by atoms with van der Waals surface area (Å²) in [7, 11) is 1.40. The largest absolute Gasteiger partial charge is 0.469 e. The number of hydrogen-bond acceptors (Lipinski definition) is 4. The van der Waals surface area contributed by atoms with Gasteiger partial charge in [0.05, 0.1) is 19.8 Å². The molecule has 1 unspecified atom stereocenters. The standard InChI is InChI=1S/C21H35N3O3.HI/c1-6-22-20(23-14-8-7-9-19(26)27-5)24-15-18(25)16-10-12-17(13-11-16)21(2,3)4;/h10-13,18,25H,6-9,14-15H2,1-5H3,(H2,22,23,24);1H. The Morgan fingerprint density at radius 2 is 1.82 bits per heavy atom. The van der Waals surface area contributed by atoms with E-state index in [2.05, 4.69) is 53.3 Å². The lowest BCUT2D eigenvalue weighted by Crippen LogP contribution is -2.38. The molecule has 1 rings (SSSR count). The van der Waals surface area contributed by atoms with Gasteiger partial charge < -0.3 is 20.5 Å². The predicted octanol–water partition coefficient (Wildman–Crippen LogP) is 3.53. The highest BCUT2D eigenvalue weighted by Gasteiger charge is 2.14. The smallest absolute Gasteiger partial charge is 0.305 e. The van der Waals surface area contributed by atoms with Crippen molar-refractivity contribution in [3.05, 3.63) is 35.4 Å². The molecule has 1 atom stereocenters. The van der Waals surface area contributed by atoms with Crippen molar-refractivity contribution in [2.24, 2.45) is 4.99 Å². The molecule has 1 aromatic carbocycles. The number of nitrogens with zero attached hydrogens (tertiary/aromatic N) is 1. The number of aliphatic hydroxyl groups excluding tert-OH is 1. The molecule has 7 heteroatoms. The van der Waals surface area contributed by atoms with Gasteiger partial charge in [0.1, 0.15) is 0 Å². The van der Waals surface area contributed by atoms with Gasteiger partial charge in [-0.3, -0.25) is 9.79 Å². The van der Waals surface area contributed by atoms with Crippen LogP contribution in [0.1, 0.15) is 64.2 Å². The van der Waals surface area contributed by atoms with Gasteiger partial charge in [-0.25, -0.2) is 0 Å². The van der Waals surface area contributed by atoms with Crippen molar-refractivity contribution >= 4 is 35.9 Å². The first-order valence-corrected chi connectivity index (χ1v) is 9.65. The first kappa shape index (κ1) is 26.6. The fourth-order valence-electron chi connectivity index (χ4n) is 2.53. The Labute approximate surface area is 186 Å². The third kappa shape index (κ3) is 10.3. The summed E-state index contributed by atoms with van der Waals surface area (Å²) in [5, 5.41) is 16.8. The van der Waals surface area contributed by atoms with Crippen LogP contribution in [0, 0.1) is 0 Å². The van der Waals surface area contributed by atoms with Gasteiger partial charge in [-0.15, -0.1) is 24.0 Å². The zero-order chi connectivity index (χ0) is 20.3. The quantitative estimate of drug-likeness (QED) is 0.157. The molecule has 0 saturated carbocycles. The highest BCUT2D eigenvalue weighted by Crippen LogP contribution is 2.24. The summed E-state index contributed by atoms with van der Waals surface area (Å²) < 4.78 is 4.63. The average Bonchev–Trinajstić information content (AvgIpc) is 2.64. The average molecular weight is 505 g/mol. The Morgan fingerprint density at radius 1 is 1.18 bits per heavy atom. The molecule has 1 aromatic rings. The third-order valence-corrected chi connectivity index (χ3v) is 4.26. The minimum atomic E-state index is -0.645. The molecule has 0 bridgehead atoms. The second-order valence-corrected chi connectivity index (χ2v) is 7.57. The number of unbranched alkanes of at least 4 members (excludes halogenated alkanes) is 1. The SMILES string of the molecule is CCNC(=NCC(O)c1ccc(C(C)(C)C)cc1)NCCCCC(=O)OC.I. The van der Waals surface area contributed by atoms with Crippen LogP contribution in [0.4, 0.5) is 0 Å². The maximum atomic E-state index is 11.1. The number of carbonyl (C=O) groups is 1. The number of benzene rings is 1. The lowest BCUT2D eigenvalue weighted by atomic mass is 9.86. The van der Waals surface area contributed by atoms with E-state index in [0.717, 1.165) is 24.9 Å². The molecular formula is C21H36IN3O3. The molecule has 0 spiro atoms. The Balaban J connectivity index is 0.00000729. The molecule has 0 radical (unpaired) electrons. The van der Waals surface area contributed by atoms with Gasteiger partial charge in [0.25, 0.3) is 0 Å². The summed E-state index contributed by atoms with van der Waals surface area (Å²) >= 11 is 0. The molecule has 0 heterocycles. The number of esters is 1. The van der Waals surface area contributed by atoms with Crippen LogP contribution in [0.25, 0.3) is 0 Å². The van der Waals surface area contributed by atoms with E-state index in [1.807, 2.05) is 19.1 Å². The molecule has 3 N–H and O–H groups in total. The Kier molecular flexibility index (Phi) is 13.1. The Morgan fingerprint density at radius 3 is 2.36 bits per heavy atom. The number of guanidine groups is 1. The van der Waals surface area contributed by atoms with E-state index in [0.29, 0.717) is 18.9 Å². The van der Waals surface area contributed by atoms with Crippen molar-refractivity contribution in [2.45, 2.75) is 58.5 Å². The normalized spacial score (nSPS) is 12.7. The minimum absolute atomic E-state index is 0. The molecule has 0 aliphatic rings. The van der Waals surface area contributed by atoms with Crippen LogP contribution < -0.4 is 10.6 Å².